The third-order valence-corrected chi connectivity index (χ3v) is 2.15. The van der Waals surface area contributed by atoms with Crippen LogP contribution >= 0.6 is 22.6 Å². The van der Waals surface area contributed by atoms with Crippen molar-refractivity contribution in [2.45, 2.75) is 20.3 Å². The number of hydrogen-bond donors (Lipinski definition) is 0. The maximum atomic E-state index is 2.93. The molecular formula is C10H14AuI. The van der Waals surface area contributed by atoms with Crippen molar-refractivity contribution in [3.63, 3.8) is 0 Å². The second-order valence-electron chi connectivity index (χ2n) is 2.27. The van der Waals surface area contributed by atoms with E-state index in [-0.39, 0.29) is 22.4 Å². The predicted molar refractivity (Wildman–Crippen MR) is 59.2 cm³/mol. The average Bonchev–Trinajstić information content (AvgIpc) is 2.07. The van der Waals surface area contributed by atoms with Gasteiger partial charge in [-0.3, -0.25) is 0 Å². The van der Waals surface area contributed by atoms with Gasteiger partial charge in [0.05, 0.1) is 0 Å². The van der Waals surface area contributed by atoms with Crippen LogP contribution in [0.4, 0.5) is 0 Å². The van der Waals surface area contributed by atoms with Gasteiger partial charge in [0.15, 0.2) is 0 Å². The van der Waals surface area contributed by atoms with E-state index in [1.807, 2.05) is 24.3 Å². The van der Waals surface area contributed by atoms with Gasteiger partial charge >= 0.3 is 22.4 Å². The molecule has 72 valence electrons. The molecule has 0 aromatic heterocycles. The number of aryl methyl sites for hydroxylation is 1. The Morgan fingerprint density at radius 1 is 1.33 bits per heavy atom. The molecule has 0 amide bonds. The fraction of sp³-hybridized carbons (Fsp3) is 0.400. The average molecular weight is 458 g/mol. The molecule has 2 heteroatoms. The Balaban J connectivity index is 0. The normalized spacial score (nSPS) is 7.58. The molecule has 0 N–H and O–H groups in total. The molecule has 0 atom stereocenters. The molecule has 0 radical (unpaired) electrons. The smallest absolute Gasteiger partial charge is 0.184 e. The van der Waals surface area contributed by atoms with Gasteiger partial charge in [0, 0.05) is 0 Å². The summed E-state index contributed by atoms with van der Waals surface area (Å²) in [5.41, 5.74) is 1.29. The van der Waals surface area contributed by atoms with Crippen LogP contribution in [0.15, 0.2) is 24.3 Å². The number of benzene rings is 1. The van der Waals surface area contributed by atoms with Gasteiger partial charge < -0.3 is 0 Å². The van der Waals surface area contributed by atoms with Gasteiger partial charge in [0.1, 0.15) is 0 Å². The van der Waals surface area contributed by atoms with E-state index in [9.17, 15) is 0 Å². The molecular weight excluding hydrogens is 444 g/mol. The Hall–Kier alpha value is 0.690. The summed E-state index contributed by atoms with van der Waals surface area (Å²) in [6, 6.07) is 10.8. The van der Waals surface area contributed by atoms with E-state index < -0.39 is 0 Å². The molecule has 0 aliphatic carbocycles. The van der Waals surface area contributed by atoms with E-state index in [1.54, 1.807) is 0 Å². The SMILES string of the molecule is CCCI.Cc1cc[c-]cc1.[Au+]. The second kappa shape index (κ2) is 11.7. The second-order valence-corrected chi connectivity index (χ2v) is 3.35. The summed E-state index contributed by atoms with van der Waals surface area (Å²) in [6.07, 6.45) is 1.31. The third-order valence-electron chi connectivity index (χ3n) is 1.07. The van der Waals surface area contributed by atoms with Gasteiger partial charge in [-0.15, -0.1) is 0 Å². The van der Waals surface area contributed by atoms with Gasteiger partial charge in [-0.2, -0.15) is 35.9 Å². The molecule has 1 aromatic carbocycles. The van der Waals surface area contributed by atoms with E-state index in [0.29, 0.717) is 0 Å². The van der Waals surface area contributed by atoms with Gasteiger partial charge in [-0.05, 0) is 10.8 Å². The number of alkyl halides is 1. The van der Waals surface area contributed by atoms with Crippen LogP contribution in [0.25, 0.3) is 0 Å². The minimum atomic E-state index is 0. The molecule has 0 bridgehead atoms. The Morgan fingerprint density at radius 2 is 1.75 bits per heavy atom. The van der Waals surface area contributed by atoms with E-state index in [2.05, 4.69) is 42.5 Å². The van der Waals surface area contributed by atoms with E-state index in [1.165, 1.54) is 16.4 Å². The molecule has 0 aliphatic heterocycles. The fourth-order valence-corrected chi connectivity index (χ4v) is 0.470. The Bertz CT molecular complexity index is 161. The van der Waals surface area contributed by atoms with Crippen LogP contribution in [0, 0.1) is 13.0 Å². The Kier molecular flexibility index (Phi) is 14.8. The molecule has 1 rings (SSSR count). The Morgan fingerprint density at radius 3 is 1.92 bits per heavy atom. The Labute approximate surface area is 105 Å². The standard InChI is InChI=1S/C7H7.C3H7I.Au/c1-7-5-3-2-4-6-7;1-2-3-4;/h3-6H,1H3;2-3H2,1H3;/q-1;;+1. The van der Waals surface area contributed by atoms with Crippen molar-refractivity contribution in [1.29, 1.82) is 0 Å². The monoisotopic (exact) mass is 458 g/mol. The van der Waals surface area contributed by atoms with Crippen molar-refractivity contribution in [3.05, 3.63) is 35.9 Å². The zero-order chi connectivity index (χ0) is 8.53. The zero-order valence-corrected chi connectivity index (χ0v) is 11.7. The van der Waals surface area contributed by atoms with Crippen molar-refractivity contribution in [1.82, 2.24) is 0 Å². The van der Waals surface area contributed by atoms with E-state index in [0.717, 1.165) is 0 Å². The number of rotatable bonds is 1. The van der Waals surface area contributed by atoms with Crippen LogP contribution in [-0.4, -0.2) is 4.43 Å². The van der Waals surface area contributed by atoms with Gasteiger partial charge in [0.2, 0.25) is 0 Å². The zero-order valence-electron chi connectivity index (χ0n) is 7.40. The summed E-state index contributed by atoms with van der Waals surface area (Å²) >= 11 is 2.35. The quantitative estimate of drug-likeness (QED) is 0.261. The molecule has 0 saturated carbocycles. The van der Waals surface area contributed by atoms with Crippen molar-refractivity contribution < 1.29 is 22.4 Å². The topological polar surface area (TPSA) is 0 Å². The largest absolute Gasteiger partial charge is 1.00 e. The summed E-state index contributed by atoms with van der Waals surface area (Å²) < 4.78 is 1.29. The van der Waals surface area contributed by atoms with Gasteiger partial charge in [0.25, 0.3) is 0 Å². The van der Waals surface area contributed by atoms with Gasteiger partial charge in [-0.1, -0.05) is 36.4 Å². The molecule has 1 aromatic rings. The maximum Gasteiger partial charge on any atom is 1.00 e. The summed E-state index contributed by atoms with van der Waals surface area (Å²) in [4.78, 5) is 0. The van der Waals surface area contributed by atoms with Crippen molar-refractivity contribution in [3.8, 4) is 0 Å². The van der Waals surface area contributed by atoms with Crippen LogP contribution in [0.1, 0.15) is 18.9 Å². The van der Waals surface area contributed by atoms with Crippen molar-refractivity contribution in [2.24, 2.45) is 0 Å². The minimum Gasteiger partial charge on any atom is -0.184 e. The molecule has 0 heterocycles. The first kappa shape index (κ1) is 15.2. The molecule has 0 fully saturated rings. The first-order valence-corrected chi connectivity index (χ1v) is 5.32. The number of hydrogen-bond acceptors (Lipinski definition) is 0. The summed E-state index contributed by atoms with van der Waals surface area (Å²) in [7, 11) is 0. The van der Waals surface area contributed by atoms with Crippen molar-refractivity contribution >= 4 is 22.6 Å². The maximum absolute atomic E-state index is 2.93. The summed E-state index contributed by atoms with van der Waals surface area (Å²) in [6.45, 7) is 4.24. The van der Waals surface area contributed by atoms with Crippen LogP contribution in [0.2, 0.25) is 0 Å². The molecule has 0 spiro atoms. The molecule has 0 nitrogen and oxygen atoms in total. The van der Waals surface area contributed by atoms with Gasteiger partial charge in [-0.25, -0.2) is 0 Å². The van der Waals surface area contributed by atoms with E-state index >= 15 is 0 Å². The number of halogens is 1. The van der Waals surface area contributed by atoms with Crippen LogP contribution in [0.5, 0.6) is 0 Å². The minimum absolute atomic E-state index is 0. The predicted octanol–water partition coefficient (Wildman–Crippen LogP) is 3.62. The van der Waals surface area contributed by atoms with Crippen LogP contribution in [0.3, 0.4) is 0 Å². The first-order valence-electron chi connectivity index (χ1n) is 3.80. The molecule has 0 aliphatic rings. The van der Waals surface area contributed by atoms with Crippen molar-refractivity contribution in [2.75, 3.05) is 4.43 Å². The van der Waals surface area contributed by atoms with Crippen LogP contribution in [-0.2, 0) is 22.4 Å². The van der Waals surface area contributed by atoms with E-state index in [4.69, 9.17) is 0 Å². The first-order chi connectivity index (χ1) is 5.31. The summed E-state index contributed by atoms with van der Waals surface area (Å²) in [5.74, 6) is 0. The third kappa shape index (κ3) is 10.7. The van der Waals surface area contributed by atoms with Crippen LogP contribution < -0.4 is 0 Å². The fourth-order valence-electron chi connectivity index (χ4n) is 0.470. The molecule has 0 saturated heterocycles. The molecule has 12 heavy (non-hydrogen) atoms. The summed E-state index contributed by atoms with van der Waals surface area (Å²) in [5, 5.41) is 0. The molecule has 0 unspecified atom stereocenters.